The van der Waals surface area contributed by atoms with Crippen LogP contribution in [0.2, 0.25) is 5.02 Å². The van der Waals surface area contributed by atoms with Crippen LogP contribution >= 0.6 is 11.6 Å². The van der Waals surface area contributed by atoms with Crippen molar-refractivity contribution in [1.29, 1.82) is 5.26 Å². The molecule has 1 aromatic carbocycles. The summed E-state index contributed by atoms with van der Waals surface area (Å²) in [6.07, 6.45) is 0. The summed E-state index contributed by atoms with van der Waals surface area (Å²) in [4.78, 5) is 4.22. The van der Waals surface area contributed by atoms with E-state index in [9.17, 15) is 0 Å². The zero-order valence-electron chi connectivity index (χ0n) is 9.32. The molecular weight excluding hydrogens is 240 g/mol. The lowest BCUT2D eigenvalue weighted by molar-refractivity contribution is 0.398. The number of methoxy groups -OCH3 is 2. The minimum atomic E-state index is 0.293. The summed E-state index contributed by atoms with van der Waals surface area (Å²) >= 11 is 6.00. The Hall–Kier alpha value is -1.99. The Morgan fingerprint density at radius 3 is 2.59 bits per heavy atom. The molecule has 0 bridgehead atoms. The van der Waals surface area contributed by atoms with Crippen molar-refractivity contribution in [3.05, 3.63) is 28.8 Å². The van der Waals surface area contributed by atoms with Crippen molar-refractivity contribution >= 4 is 22.5 Å². The minimum Gasteiger partial charge on any atom is -0.495 e. The fraction of sp³-hybridized carbons (Fsp3) is 0.167. The normalized spacial score (nSPS) is 10.0. The number of aromatic nitrogens is 1. The number of benzene rings is 1. The van der Waals surface area contributed by atoms with Crippen molar-refractivity contribution in [1.82, 2.24) is 4.98 Å². The molecule has 0 amide bonds. The van der Waals surface area contributed by atoms with Crippen molar-refractivity contribution in [3.8, 4) is 17.7 Å². The highest BCUT2D eigenvalue weighted by molar-refractivity contribution is 6.32. The van der Waals surface area contributed by atoms with Gasteiger partial charge in [-0.1, -0.05) is 11.6 Å². The quantitative estimate of drug-likeness (QED) is 0.820. The Balaban J connectivity index is 2.75. The van der Waals surface area contributed by atoms with E-state index in [2.05, 4.69) is 4.98 Å². The maximum atomic E-state index is 8.96. The molecule has 2 rings (SSSR count). The third-order valence-corrected chi connectivity index (χ3v) is 2.66. The molecule has 0 aliphatic rings. The van der Waals surface area contributed by atoms with Crippen molar-refractivity contribution < 1.29 is 9.47 Å². The van der Waals surface area contributed by atoms with Crippen molar-refractivity contribution in [2.75, 3.05) is 14.2 Å². The second-order valence-electron chi connectivity index (χ2n) is 3.34. The average molecular weight is 249 g/mol. The minimum absolute atomic E-state index is 0.293. The van der Waals surface area contributed by atoms with E-state index < -0.39 is 0 Å². The highest BCUT2D eigenvalue weighted by Gasteiger charge is 2.10. The van der Waals surface area contributed by atoms with Crippen LogP contribution < -0.4 is 9.47 Å². The monoisotopic (exact) mass is 248 g/mol. The molecule has 0 spiro atoms. The molecule has 1 heterocycles. The van der Waals surface area contributed by atoms with Crippen molar-refractivity contribution in [3.63, 3.8) is 0 Å². The average Bonchev–Trinajstić information content (AvgIpc) is 2.36. The first-order valence-corrected chi connectivity index (χ1v) is 5.19. The Labute approximate surface area is 103 Å². The molecule has 0 saturated heterocycles. The molecule has 1 aromatic heterocycles. The topological polar surface area (TPSA) is 55.1 Å². The van der Waals surface area contributed by atoms with Crippen LogP contribution in [-0.2, 0) is 0 Å². The summed E-state index contributed by atoms with van der Waals surface area (Å²) in [5.41, 5.74) is 1.04. The number of hydrogen-bond acceptors (Lipinski definition) is 4. The van der Waals surface area contributed by atoms with Crippen LogP contribution in [0.1, 0.15) is 5.56 Å². The van der Waals surface area contributed by atoms with E-state index in [-0.39, 0.29) is 0 Å². The van der Waals surface area contributed by atoms with Crippen LogP contribution in [0.3, 0.4) is 0 Å². The summed E-state index contributed by atoms with van der Waals surface area (Å²) in [5.74, 6) is 0.844. The zero-order valence-corrected chi connectivity index (χ0v) is 10.1. The second-order valence-corrected chi connectivity index (χ2v) is 3.74. The van der Waals surface area contributed by atoms with Gasteiger partial charge in [-0.25, -0.2) is 4.98 Å². The molecule has 0 atom stereocenters. The lowest BCUT2D eigenvalue weighted by atomic mass is 10.1. The van der Waals surface area contributed by atoms with E-state index in [4.69, 9.17) is 26.3 Å². The van der Waals surface area contributed by atoms with Gasteiger partial charge in [-0.3, -0.25) is 0 Å². The van der Waals surface area contributed by atoms with Gasteiger partial charge in [0.25, 0.3) is 0 Å². The zero-order chi connectivity index (χ0) is 12.4. The fourth-order valence-corrected chi connectivity index (χ4v) is 1.79. The molecule has 4 nitrogen and oxygen atoms in total. The van der Waals surface area contributed by atoms with Gasteiger partial charge in [-0.15, -0.1) is 0 Å². The van der Waals surface area contributed by atoms with E-state index in [1.165, 1.54) is 14.2 Å². The number of ether oxygens (including phenoxy) is 2. The Bertz CT molecular complexity index is 620. The van der Waals surface area contributed by atoms with Gasteiger partial charge in [0, 0.05) is 5.39 Å². The van der Waals surface area contributed by atoms with Crippen LogP contribution in [0.5, 0.6) is 11.6 Å². The lowest BCUT2D eigenvalue weighted by Gasteiger charge is -2.07. The summed E-state index contributed by atoms with van der Waals surface area (Å²) in [5, 5.41) is 10.2. The van der Waals surface area contributed by atoms with Gasteiger partial charge in [-0.05, 0) is 18.2 Å². The first-order valence-electron chi connectivity index (χ1n) is 4.82. The first kappa shape index (κ1) is 11.5. The van der Waals surface area contributed by atoms with Crippen molar-refractivity contribution in [2.24, 2.45) is 0 Å². The number of fused-ring (bicyclic) bond motifs is 1. The lowest BCUT2D eigenvalue weighted by Crippen LogP contribution is -1.93. The summed E-state index contributed by atoms with van der Waals surface area (Å²) in [6, 6.07) is 7.14. The summed E-state index contributed by atoms with van der Waals surface area (Å²) in [6.45, 7) is 0. The molecule has 0 fully saturated rings. The number of pyridine rings is 1. The Kier molecular flexibility index (Phi) is 3.03. The van der Waals surface area contributed by atoms with Crippen LogP contribution in [0.25, 0.3) is 10.9 Å². The highest BCUT2D eigenvalue weighted by Crippen LogP contribution is 2.31. The molecule has 17 heavy (non-hydrogen) atoms. The van der Waals surface area contributed by atoms with Gasteiger partial charge in [0.2, 0.25) is 5.88 Å². The number of hydrogen-bond donors (Lipinski definition) is 0. The van der Waals surface area contributed by atoms with Crippen LogP contribution in [0.4, 0.5) is 0 Å². The highest BCUT2D eigenvalue weighted by atomic mass is 35.5. The molecule has 0 radical (unpaired) electrons. The molecule has 0 aliphatic heterocycles. The van der Waals surface area contributed by atoms with Gasteiger partial charge in [0.05, 0.1) is 24.8 Å². The van der Waals surface area contributed by atoms with Crippen molar-refractivity contribution in [2.45, 2.75) is 0 Å². The van der Waals surface area contributed by atoms with E-state index in [1.807, 2.05) is 6.07 Å². The smallest absolute Gasteiger partial charge is 0.231 e. The molecule has 0 unspecified atom stereocenters. The largest absolute Gasteiger partial charge is 0.495 e. The molecule has 5 heteroatoms. The van der Waals surface area contributed by atoms with Crippen LogP contribution in [-0.4, -0.2) is 19.2 Å². The maximum absolute atomic E-state index is 8.96. The fourth-order valence-electron chi connectivity index (χ4n) is 1.55. The summed E-state index contributed by atoms with van der Waals surface area (Å²) in [7, 11) is 3.01. The van der Waals surface area contributed by atoms with Crippen LogP contribution in [0, 0.1) is 11.3 Å². The SMILES string of the molecule is COc1cc2cc(C#N)c(OC)nc2cc1Cl. The molecule has 86 valence electrons. The molecule has 0 saturated carbocycles. The van der Waals surface area contributed by atoms with Gasteiger partial charge in [0.1, 0.15) is 17.4 Å². The molecule has 0 N–H and O–H groups in total. The van der Waals surface area contributed by atoms with E-state index in [0.29, 0.717) is 27.7 Å². The Morgan fingerprint density at radius 2 is 2.00 bits per heavy atom. The Morgan fingerprint density at radius 1 is 1.24 bits per heavy atom. The predicted octanol–water partition coefficient (Wildman–Crippen LogP) is 2.78. The predicted molar refractivity (Wildman–Crippen MR) is 64.6 cm³/mol. The number of halogens is 1. The van der Waals surface area contributed by atoms with E-state index >= 15 is 0 Å². The van der Waals surface area contributed by atoms with Gasteiger partial charge in [-0.2, -0.15) is 5.26 Å². The van der Waals surface area contributed by atoms with Gasteiger partial charge < -0.3 is 9.47 Å². The molecule has 2 aromatic rings. The van der Waals surface area contributed by atoms with Gasteiger partial charge >= 0.3 is 0 Å². The standard InChI is InChI=1S/C12H9ClN2O2/c1-16-11-4-7-3-8(6-14)12(17-2)15-10(7)5-9(11)13/h3-5H,1-2H3. The van der Waals surface area contributed by atoms with E-state index in [1.54, 1.807) is 18.2 Å². The maximum Gasteiger partial charge on any atom is 0.231 e. The molecular formula is C12H9ClN2O2. The number of nitrogens with zero attached hydrogens (tertiary/aromatic N) is 2. The van der Waals surface area contributed by atoms with E-state index in [0.717, 1.165) is 5.39 Å². The van der Waals surface area contributed by atoms with Gasteiger partial charge in [0.15, 0.2) is 0 Å². The summed E-state index contributed by atoms with van der Waals surface area (Å²) < 4.78 is 10.1. The molecule has 0 aliphatic carbocycles. The van der Waals surface area contributed by atoms with Crippen LogP contribution in [0.15, 0.2) is 18.2 Å². The second kappa shape index (κ2) is 4.48. The number of rotatable bonds is 2. The third-order valence-electron chi connectivity index (χ3n) is 2.37. The number of nitriles is 1. The third kappa shape index (κ3) is 1.97. The first-order chi connectivity index (χ1) is 8.19.